The van der Waals surface area contributed by atoms with E-state index in [4.69, 9.17) is 5.11 Å². The minimum atomic E-state index is -0.945. The van der Waals surface area contributed by atoms with Crippen molar-refractivity contribution in [2.24, 2.45) is 20.5 Å². The number of carboxylic acid groups (broad SMARTS) is 1. The Kier molecular flexibility index (Phi) is 1.33. The standard InChI is InChI=1S/C6H4N4O2/c11-5(12)1-3-6-4(9-8-3)2-7-10-6/h2H,1H2,(H,11,12). The van der Waals surface area contributed by atoms with Crippen molar-refractivity contribution in [2.75, 3.05) is 0 Å². The van der Waals surface area contributed by atoms with Crippen LogP contribution in [0.4, 0.5) is 0 Å². The minimum Gasteiger partial charge on any atom is -0.481 e. The fourth-order valence-corrected chi connectivity index (χ4v) is 0.956. The van der Waals surface area contributed by atoms with Crippen molar-refractivity contribution in [1.29, 1.82) is 0 Å². The molecule has 0 saturated carbocycles. The SMILES string of the molecule is O=C(O)CC1=C2N=NC=C2N=N1. The summed E-state index contributed by atoms with van der Waals surface area (Å²) < 4.78 is 0. The molecule has 12 heavy (non-hydrogen) atoms. The smallest absolute Gasteiger partial charge is 0.309 e. The van der Waals surface area contributed by atoms with E-state index in [1.807, 2.05) is 0 Å². The molecule has 0 aromatic carbocycles. The third kappa shape index (κ3) is 0.931. The third-order valence-corrected chi connectivity index (χ3v) is 1.45. The van der Waals surface area contributed by atoms with Crippen molar-refractivity contribution in [1.82, 2.24) is 0 Å². The predicted octanol–water partition coefficient (Wildman–Crippen LogP) is 1.45. The van der Waals surface area contributed by atoms with Gasteiger partial charge in [-0.2, -0.15) is 10.2 Å². The number of hydrogen-bond acceptors (Lipinski definition) is 5. The molecule has 6 nitrogen and oxygen atoms in total. The van der Waals surface area contributed by atoms with Gasteiger partial charge in [0.15, 0.2) is 0 Å². The maximum Gasteiger partial charge on any atom is 0.309 e. The summed E-state index contributed by atoms with van der Waals surface area (Å²) >= 11 is 0. The Morgan fingerprint density at radius 2 is 2.25 bits per heavy atom. The average molecular weight is 164 g/mol. The molecule has 60 valence electrons. The molecule has 0 atom stereocenters. The lowest BCUT2D eigenvalue weighted by atomic mass is 10.2. The van der Waals surface area contributed by atoms with Crippen molar-refractivity contribution in [3.8, 4) is 0 Å². The number of carbonyl (C=O) groups is 1. The second-order valence-corrected chi connectivity index (χ2v) is 2.30. The summed E-state index contributed by atoms with van der Waals surface area (Å²) in [5, 5.41) is 23.1. The fourth-order valence-electron chi connectivity index (χ4n) is 0.956. The molecule has 0 spiro atoms. The van der Waals surface area contributed by atoms with Crippen molar-refractivity contribution in [3.05, 3.63) is 23.3 Å². The summed E-state index contributed by atoms with van der Waals surface area (Å²) in [5.74, 6) is -0.945. The molecule has 0 aromatic rings. The molecule has 0 saturated heterocycles. The van der Waals surface area contributed by atoms with E-state index in [0.717, 1.165) is 0 Å². The van der Waals surface area contributed by atoms with Crippen LogP contribution in [0.5, 0.6) is 0 Å². The summed E-state index contributed by atoms with van der Waals surface area (Å²) in [6.07, 6.45) is 1.29. The lowest BCUT2D eigenvalue weighted by molar-refractivity contribution is -0.136. The van der Waals surface area contributed by atoms with Crippen LogP contribution < -0.4 is 0 Å². The zero-order valence-electron chi connectivity index (χ0n) is 5.93. The molecule has 6 heteroatoms. The molecule has 0 aromatic heterocycles. The van der Waals surface area contributed by atoms with Gasteiger partial charge in [-0.05, 0) is 0 Å². The van der Waals surface area contributed by atoms with E-state index in [9.17, 15) is 4.79 Å². The summed E-state index contributed by atoms with van der Waals surface area (Å²) in [6, 6.07) is 0. The van der Waals surface area contributed by atoms with Crippen LogP contribution in [0.3, 0.4) is 0 Å². The van der Waals surface area contributed by atoms with Gasteiger partial charge in [-0.1, -0.05) is 0 Å². The normalized spacial score (nSPS) is 18.5. The van der Waals surface area contributed by atoms with Gasteiger partial charge in [0.05, 0.1) is 12.6 Å². The van der Waals surface area contributed by atoms with Crippen LogP contribution in [0.2, 0.25) is 0 Å². The minimum absolute atomic E-state index is 0.158. The molecular formula is C6H4N4O2. The predicted molar refractivity (Wildman–Crippen MR) is 37.1 cm³/mol. The molecule has 2 aliphatic heterocycles. The van der Waals surface area contributed by atoms with Gasteiger partial charge in [0, 0.05) is 0 Å². The Hall–Kier alpha value is -1.85. The van der Waals surface area contributed by atoms with Gasteiger partial charge in [-0.15, -0.1) is 10.2 Å². The second kappa shape index (κ2) is 2.33. The van der Waals surface area contributed by atoms with Gasteiger partial charge >= 0.3 is 5.97 Å². The molecule has 0 bridgehead atoms. The van der Waals surface area contributed by atoms with E-state index >= 15 is 0 Å². The zero-order chi connectivity index (χ0) is 8.55. The monoisotopic (exact) mass is 164 g/mol. The summed E-state index contributed by atoms with van der Waals surface area (Å²) in [4.78, 5) is 10.3. The Balaban J connectivity index is 2.31. The summed E-state index contributed by atoms with van der Waals surface area (Å²) in [5.41, 5.74) is 1.40. The molecule has 2 aliphatic rings. The Morgan fingerprint density at radius 3 is 3.00 bits per heavy atom. The molecule has 0 aliphatic carbocycles. The van der Waals surface area contributed by atoms with Crippen LogP contribution in [0.25, 0.3) is 0 Å². The first-order chi connectivity index (χ1) is 5.77. The molecule has 2 rings (SSSR count). The van der Waals surface area contributed by atoms with Crippen LogP contribution in [0.15, 0.2) is 43.7 Å². The molecule has 2 heterocycles. The Bertz CT molecular complexity index is 364. The maximum absolute atomic E-state index is 10.3. The number of carboxylic acids is 1. The van der Waals surface area contributed by atoms with Crippen LogP contribution in [0, 0.1) is 0 Å². The lowest BCUT2D eigenvalue weighted by Crippen LogP contribution is -1.95. The maximum atomic E-state index is 10.3. The van der Waals surface area contributed by atoms with Crippen molar-refractivity contribution in [2.45, 2.75) is 6.42 Å². The van der Waals surface area contributed by atoms with E-state index in [0.29, 0.717) is 17.1 Å². The first-order valence-corrected chi connectivity index (χ1v) is 3.25. The number of azo groups is 2. The highest BCUT2D eigenvalue weighted by molar-refractivity contribution is 5.70. The van der Waals surface area contributed by atoms with Gasteiger partial charge in [0.1, 0.15) is 17.1 Å². The number of hydrogen-bond donors (Lipinski definition) is 1. The largest absolute Gasteiger partial charge is 0.481 e. The van der Waals surface area contributed by atoms with Crippen LogP contribution in [0.1, 0.15) is 6.42 Å². The average Bonchev–Trinajstić information content (AvgIpc) is 2.52. The van der Waals surface area contributed by atoms with Crippen LogP contribution in [-0.2, 0) is 4.79 Å². The van der Waals surface area contributed by atoms with E-state index in [1.165, 1.54) is 6.20 Å². The van der Waals surface area contributed by atoms with Gasteiger partial charge in [-0.3, -0.25) is 4.79 Å². The number of rotatable bonds is 2. The zero-order valence-corrected chi connectivity index (χ0v) is 5.93. The van der Waals surface area contributed by atoms with Gasteiger partial charge < -0.3 is 5.11 Å². The van der Waals surface area contributed by atoms with Crippen LogP contribution in [-0.4, -0.2) is 11.1 Å². The molecular weight excluding hydrogens is 160 g/mol. The number of fused-ring (bicyclic) bond motifs is 1. The first-order valence-electron chi connectivity index (χ1n) is 3.25. The highest BCUT2D eigenvalue weighted by Gasteiger charge is 2.22. The van der Waals surface area contributed by atoms with Gasteiger partial charge in [0.25, 0.3) is 0 Å². The fraction of sp³-hybridized carbons (Fsp3) is 0.167. The van der Waals surface area contributed by atoms with Crippen molar-refractivity contribution >= 4 is 5.97 Å². The van der Waals surface area contributed by atoms with E-state index in [-0.39, 0.29) is 6.42 Å². The van der Waals surface area contributed by atoms with E-state index in [2.05, 4.69) is 20.5 Å². The first kappa shape index (κ1) is 6.84. The molecule has 1 N–H and O–H groups in total. The number of aliphatic carboxylic acids is 1. The van der Waals surface area contributed by atoms with E-state index < -0.39 is 5.97 Å². The summed E-state index contributed by atoms with van der Waals surface area (Å²) in [7, 11) is 0. The van der Waals surface area contributed by atoms with Gasteiger partial charge in [-0.25, -0.2) is 0 Å². The quantitative estimate of drug-likeness (QED) is 0.669. The summed E-state index contributed by atoms with van der Waals surface area (Å²) in [6.45, 7) is 0. The second-order valence-electron chi connectivity index (χ2n) is 2.30. The highest BCUT2D eigenvalue weighted by atomic mass is 16.4. The third-order valence-electron chi connectivity index (χ3n) is 1.45. The van der Waals surface area contributed by atoms with E-state index in [1.54, 1.807) is 0 Å². The molecule has 0 amide bonds. The van der Waals surface area contributed by atoms with Crippen LogP contribution >= 0.6 is 0 Å². The highest BCUT2D eigenvalue weighted by Crippen LogP contribution is 2.31. The van der Waals surface area contributed by atoms with Crippen molar-refractivity contribution < 1.29 is 9.90 Å². The molecule has 0 fully saturated rings. The Morgan fingerprint density at radius 1 is 1.42 bits per heavy atom. The van der Waals surface area contributed by atoms with Crippen molar-refractivity contribution in [3.63, 3.8) is 0 Å². The Labute approximate surface area is 67.0 Å². The van der Waals surface area contributed by atoms with Gasteiger partial charge in [0.2, 0.25) is 0 Å². The molecule has 0 radical (unpaired) electrons. The lowest BCUT2D eigenvalue weighted by Gasteiger charge is -1.90. The topological polar surface area (TPSA) is 86.7 Å². The number of nitrogens with zero attached hydrogens (tertiary/aromatic N) is 4. The molecule has 0 unspecified atom stereocenters.